The van der Waals surface area contributed by atoms with E-state index in [0.29, 0.717) is 35.4 Å². The molecule has 32 heavy (non-hydrogen) atoms. The minimum atomic E-state index is -4.08. The van der Waals surface area contributed by atoms with Crippen LogP contribution in [0.15, 0.2) is 46.9 Å². The van der Waals surface area contributed by atoms with Crippen molar-refractivity contribution < 1.29 is 26.9 Å². The Hall–Kier alpha value is -2.62. The lowest BCUT2D eigenvalue weighted by molar-refractivity contribution is -0.130. The van der Waals surface area contributed by atoms with Crippen LogP contribution >= 0.6 is 22.6 Å². The second kappa shape index (κ2) is 10.3. The highest BCUT2D eigenvalue weighted by Crippen LogP contribution is 2.36. The van der Waals surface area contributed by atoms with Gasteiger partial charge in [0.2, 0.25) is 0 Å². The lowest BCUT2D eigenvalue weighted by Crippen LogP contribution is -2.41. The molecule has 168 valence electrons. The number of rotatable bonds is 6. The SMILES string of the molecule is COc1cc(/C=C(\C#N)C(=O)N2CCOCC2)cc(I)c1OS(=O)(=O)c1ccc(C)cc1. The third-order valence-corrected chi connectivity index (χ3v) is 6.75. The van der Waals surface area contributed by atoms with E-state index in [1.807, 2.05) is 35.6 Å². The number of carbonyl (C=O) groups excluding carboxylic acids is 1. The van der Waals surface area contributed by atoms with E-state index >= 15 is 0 Å². The molecule has 1 amide bonds. The molecule has 8 nitrogen and oxygen atoms in total. The van der Waals surface area contributed by atoms with Crippen LogP contribution < -0.4 is 8.92 Å². The number of halogens is 1. The summed E-state index contributed by atoms with van der Waals surface area (Å²) in [5.41, 5.74) is 1.39. The number of benzene rings is 2. The first-order valence-corrected chi connectivity index (χ1v) is 12.1. The van der Waals surface area contributed by atoms with Crippen molar-refractivity contribution in [2.24, 2.45) is 0 Å². The molecule has 10 heteroatoms. The Kier molecular flexibility index (Phi) is 7.76. The number of morpholine rings is 1. The second-order valence-corrected chi connectivity index (χ2v) is 9.67. The molecule has 1 aliphatic heterocycles. The van der Waals surface area contributed by atoms with Crippen LogP contribution in [0.1, 0.15) is 11.1 Å². The Morgan fingerprint density at radius 1 is 1.22 bits per heavy atom. The Balaban J connectivity index is 1.92. The first-order valence-electron chi connectivity index (χ1n) is 9.62. The topological polar surface area (TPSA) is 106 Å². The van der Waals surface area contributed by atoms with Gasteiger partial charge in [0, 0.05) is 13.1 Å². The maximum Gasteiger partial charge on any atom is 0.339 e. The monoisotopic (exact) mass is 568 g/mol. The lowest BCUT2D eigenvalue weighted by Gasteiger charge is -2.26. The van der Waals surface area contributed by atoms with Crippen molar-refractivity contribution in [1.29, 1.82) is 5.26 Å². The number of ether oxygens (including phenoxy) is 2. The highest BCUT2D eigenvalue weighted by atomic mass is 127. The molecule has 0 atom stereocenters. The number of aryl methyl sites for hydroxylation is 1. The summed E-state index contributed by atoms with van der Waals surface area (Å²) in [6.45, 7) is 3.55. The van der Waals surface area contributed by atoms with Gasteiger partial charge in [-0.1, -0.05) is 17.7 Å². The fraction of sp³-hybridized carbons (Fsp3) is 0.273. The van der Waals surface area contributed by atoms with Gasteiger partial charge in [-0.25, -0.2) is 0 Å². The van der Waals surface area contributed by atoms with E-state index in [-0.39, 0.29) is 27.9 Å². The first kappa shape index (κ1) is 24.0. The van der Waals surface area contributed by atoms with E-state index in [1.165, 1.54) is 31.4 Å². The van der Waals surface area contributed by atoms with Crippen molar-refractivity contribution in [2.75, 3.05) is 33.4 Å². The van der Waals surface area contributed by atoms with Crippen molar-refractivity contribution >= 4 is 44.7 Å². The zero-order valence-electron chi connectivity index (χ0n) is 17.5. The summed E-state index contributed by atoms with van der Waals surface area (Å²) in [6.07, 6.45) is 1.45. The smallest absolute Gasteiger partial charge is 0.339 e. The molecule has 0 unspecified atom stereocenters. The van der Waals surface area contributed by atoms with Gasteiger partial charge < -0.3 is 18.6 Å². The molecular weight excluding hydrogens is 547 g/mol. The van der Waals surface area contributed by atoms with Crippen LogP contribution in [-0.2, 0) is 19.6 Å². The molecule has 2 aromatic rings. The zero-order chi connectivity index (χ0) is 23.3. The third kappa shape index (κ3) is 5.59. The predicted molar refractivity (Wildman–Crippen MR) is 126 cm³/mol. The first-order chi connectivity index (χ1) is 15.2. The van der Waals surface area contributed by atoms with Crippen molar-refractivity contribution in [2.45, 2.75) is 11.8 Å². The third-order valence-electron chi connectivity index (χ3n) is 4.71. The van der Waals surface area contributed by atoms with Gasteiger partial charge in [0.25, 0.3) is 5.91 Å². The van der Waals surface area contributed by atoms with Crippen LogP contribution in [0.25, 0.3) is 6.08 Å². The molecule has 0 bridgehead atoms. The maximum atomic E-state index is 12.7. The largest absolute Gasteiger partial charge is 0.493 e. The van der Waals surface area contributed by atoms with Crippen molar-refractivity contribution in [3.8, 4) is 17.6 Å². The van der Waals surface area contributed by atoms with Crippen LogP contribution in [0.4, 0.5) is 0 Å². The number of amides is 1. The number of methoxy groups -OCH3 is 1. The summed E-state index contributed by atoms with van der Waals surface area (Å²) < 4.78 is 41.8. The van der Waals surface area contributed by atoms with E-state index in [9.17, 15) is 18.5 Å². The number of hydrogen-bond acceptors (Lipinski definition) is 7. The fourth-order valence-corrected chi connectivity index (χ4v) is 4.85. The maximum absolute atomic E-state index is 12.7. The fourth-order valence-electron chi connectivity index (χ4n) is 3.01. The average molecular weight is 568 g/mol. The van der Waals surface area contributed by atoms with E-state index in [2.05, 4.69) is 0 Å². The Labute approximate surface area is 200 Å². The van der Waals surface area contributed by atoms with E-state index < -0.39 is 10.1 Å². The molecular formula is C22H21IN2O6S. The van der Waals surface area contributed by atoms with Crippen LogP contribution in [-0.4, -0.2) is 52.6 Å². The number of hydrogen-bond donors (Lipinski definition) is 0. The molecule has 1 saturated heterocycles. The van der Waals surface area contributed by atoms with Gasteiger partial charge in [-0.05, 0) is 65.4 Å². The summed E-state index contributed by atoms with van der Waals surface area (Å²) in [6, 6.07) is 11.4. The standard InChI is InChI=1S/C22H21IN2O6S/c1-15-3-5-18(6-4-15)32(27,28)31-21-19(23)12-16(13-20(21)29-2)11-17(14-24)22(26)25-7-9-30-10-8-25/h3-6,11-13H,7-10H2,1-2H3/b17-11+. The van der Waals surface area contributed by atoms with Crippen molar-refractivity contribution in [3.63, 3.8) is 0 Å². The minimum Gasteiger partial charge on any atom is -0.493 e. The van der Waals surface area contributed by atoms with Crippen LogP contribution in [0.3, 0.4) is 0 Å². The summed E-state index contributed by atoms with van der Waals surface area (Å²) in [4.78, 5) is 14.2. The molecule has 0 N–H and O–H groups in total. The van der Waals surface area contributed by atoms with Crippen molar-refractivity contribution in [3.05, 3.63) is 56.7 Å². The molecule has 0 spiro atoms. The van der Waals surface area contributed by atoms with Crippen molar-refractivity contribution in [1.82, 2.24) is 4.90 Å². The van der Waals surface area contributed by atoms with Gasteiger partial charge >= 0.3 is 10.1 Å². The van der Waals surface area contributed by atoms with Gasteiger partial charge in [-0.2, -0.15) is 13.7 Å². The lowest BCUT2D eigenvalue weighted by atomic mass is 10.1. The Bertz CT molecular complexity index is 1180. The molecule has 0 saturated carbocycles. The summed E-state index contributed by atoms with van der Waals surface area (Å²) in [7, 11) is -2.70. The zero-order valence-corrected chi connectivity index (χ0v) is 20.5. The summed E-state index contributed by atoms with van der Waals surface area (Å²) in [5.74, 6) is -0.189. The minimum absolute atomic E-state index is 0.0211. The number of nitrogens with zero attached hydrogens (tertiary/aromatic N) is 2. The highest BCUT2D eigenvalue weighted by molar-refractivity contribution is 14.1. The highest BCUT2D eigenvalue weighted by Gasteiger charge is 2.23. The van der Waals surface area contributed by atoms with Gasteiger partial charge in [0.1, 0.15) is 16.5 Å². The van der Waals surface area contributed by atoms with E-state index in [1.54, 1.807) is 23.1 Å². The van der Waals surface area contributed by atoms with Gasteiger partial charge in [-0.3, -0.25) is 4.79 Å². The Morgan fingerprint density at radius 3 is 2.47 bits per heavy atom. The van der Waals surface area contributed by atoms with E-state index in [4.69, 9.17) is 13.7 Å². The second-order valence-electron chi connectivity index (χ2n) is 6.96. The summed E-state index contributed by atoms with van der Waals surface area (Å²) >= 11 is 1.93. The van der Waals surface area contributed by atoms with Gasteiger partial charge in [0.05, 0.1) is 23.9 Å². The molecule has 1 aliphatic rings. The number of nitriles is 1. The van der Waals surface area contributed by atoms with Crippen LogP contribution in [0.2, 0.25) is 0 Å². The molecule has 2 aromatic carbocycles. The molecule has 1 fully saturated rings. The predicted octanol–water partition coefficient (Wildman–Crippen LogP) is 3.14. The molecule has 1 heterocycles. The average Bonchev–Trinajstić information content (AvgIpc) is 2.79. The number of carbonyl (C=O) groups is 1. The quantitative estimate of drug-likeness (QED) is 0.228. The molecule has 0 radical (unpaired) electrons. The van der Waals surface area contributed by atoms with Gasteiger partial charge in [0.15, 0.2) is 11.5 Å². The van der Waals surface area contributed by atoms with Gasteiger partial charge in [-0.15, -0.1) is 0 Å². The van der Waals surface area contributed by atoms with E-state index in [0.717, 1.165) is 5.56 Å². The normalized spacial score (nSPS) is 14.6. The molecule has 0 aliphatic carbocycles. The molecule has 3 rings (SSSR count). The molecule has 0 aromatic heterocycles. The van der Waals surface area contributed by atoms with Crippen LogP contribution in [0, 0.1) is 21.8 Å². The Morgan fingerprint density at radius 2 is 1.88 bits per heavy atom. The summed E-state index contributed by atoms with van der Waals surface area (Å²) in [5, 5.41) is 9.50. The van der Waals surface area contributed by atoms with Crippen LogP contribution in [0.5, 0.6) is 11.5 Å².